The Labute approximate surface area is 76.8 Å². The van der Waals surface area contributed by atoms with Crippen molar-refractivity contribution in [3.05, 3.63) is 0 Å². The van der Waals surface area contributed by atoms with E-state index in [1.54, 1.807) is 0 Å². The van der Waals surface area contributed by atoms with E-state index in [1.807, 2.05) is 6.92 Å². The first-order valence-electron chi connectivity index (χ1n) is 3.39. The zero-order valence-electron chi connectivity index (χ0n) is 6.64. The number of halogens is 2. The summed E-state index contributed by atoms with van der Waals surface area (Å²) in [5, 5.41) is -0.561. The van der Waals surface area contributed by atoms with E-state index in [0.717, 1.165) is 0 Å². The number of hydrogen-bond acceptors (Lipinski definition) is 2. The molecule has 0 radical (unpaired) electrons. The Morgan fingerprint density at radius 1 is 1.64 bits per heavy atom. The molecule has 0 aliphatic heterocycles. The standard InChI is InChI=1S/C7H12Cl2O2/c1-5(4-8)3-6(9)7(10)11-2/h5-6H,3-4H2,1-2H3/t5-,6?/m1/s1. The molecule has 0 aliphatic rings. The average Bonchev–Trinajstić information content (AvgIpc) is 2.02. The molecule has 2 nitrogen and oxygen atoms in total. The first-order chi connectivity index (χ1) is 5.11. The molecule has 0 heterocycles. The maximum Gasteiger partial charge on any atom is 0.323 e. The molecule has 0 aliphatic carbocycles. The maximum atomic E-state index is 10.8. The first-order valence-corrected chi connectivity index (χ1v) is 4.36. The number of carbonyl (C=O) groups is 1. The summed E-state index contributed by atoms with van der Waals surface area (Å²) in [6, 6.07) is 0. The molecule has 2 atom stereocenters. The predicted molar refractivity (Wildman–Crippen MR) is 46.2 cm³/mol. The number of alkyl halides is 2. The molecule has 0 saturated carbocycles. The number of rotatable bonds is 4. The normalized spacial score (nSPS) is 15.6. The van der Waals surface area contributed by atoms with E-state index in [2.05, 4.69) is 4.74 Å². The Kier molecular flexibility index (Phi) is 5.69. The molecular weight excluding hydrogens is 187 g/mol. The van der Waals surface area contributed by atoms with E-state index in [0.29, 0.717) is 12.3 Å². The molecule has 0 fully saturated rings. The molecule has 0 spiro atoms. The van der Waals surface area contributed by atoms with Crippen LogP contribution in [0.1, 0.15) is 13.3 Å². The van der Waals surface area contributed by atoms with Crippen LogP contribution in [0.5, 0.6) is 0 Å². The van der Waals surface area contributed by atoms with Crippen LogP contribution >= 0.6 is 23.2 Å². The number of methoxy groups -OCH3 is 1. The van der Waals surface area contributed by atoms with Crippen LogP contribution in [-0.4, -0.2) is 24.3 Å². The Balaban J connectivity index is 3.67. The van der Waals surface area contributed by atoms with Gasteiger partial charge in [-0.25, -0.2) is 0 Å². The van der Waals surface area contributed by atoms with E-state index in [-0.39, 0.29) is 11.9 Å². The SMILES string of the molecule is COC(=O)C(Cl)C[C@@H](C)CCl. The van der Waals surface area contributed by atoms with Crippen molar-refractivity contribution in [1.29, 1.82) is 0 Å². The predicted octanol–water partition coefficient (Wildman–Crippen LogP) is 2.03. The summed E-state index contributed by atoms with van der Waals surface area (Å²) in [5.74, 6) is 0.377. The van der Waals surface area contributed by atoms with Crippen LogP contribution < -0.4 is 0 Å². The topological polar surface area (TPSA) is 26.3 Å². The van der Waals surface area contributed by atoms with E-state index < -0.39 is 5.38 Å². The van der Waals surface area contributed by atoms with Crippen molar-refractivity contribution in [3.8, 4) is 0 Å². The molecular formula is C7H12Cl2O2. The monoisotopic (exact) mass is 198 g/mol. The molecule has 1 unspecified atom stereocenters. The van der Waals surface area contributed by atoms with Gasteiger partial charge in [-0.2, -0.15) is 0 Å². The van der Waals surface area contributed by atoms with Crippen LogP contribution in [0.4, 0.5) is 0 Å². The minimum absolute atomic E-state index is 0.248. The quantitative estimate of drug-likeness (QED) is 0.511. The molecule has 11 heavy (non-hydrogen) atoms. The zero-order valence-corrected chi connectivity index (χ0v) is 8.15. The minimum Gasteiger partial charge on any atom is -0.468 e. The third-order valence-corrected chi connectivity index (χ3v) is 2.21. The highest BCUT2D eigenvalue weighted by Crippen LogP contribution is 2.13. The fourth-order valence-electron chi connectivity index (χ4n) is 0.640. The third kappa shape index (κ3) is 4.49. The van der Waals surface area contributed by atoms with E-state index >= 15 is 0 Å². The molecule has 0 N–H and O–H groups in total. The fourth-order valence-corrected chi connectivity index (χ4v) is 1.16. The Hall–Kier alpha value is 0.0500. The lowest BCUT2D eigenvalue weighted by Gasteiger charge is -2.10. The second kappa shape index (κ2) is 5.67. The molecule has 0 aromatic heterocycles. The summed E-state index contributed by atoms with van der Waals surface area (Å²) in [6.07, 6.45) is 0.567. The number of esters is 1. The van der Waals surface area contributed by atoms with Gasteiger partial charge in [0.25, 0.3) is 0 Å². The highest BCUT2D eigenvalue weighted by molar-refractivity contribution is 6.29. The summed E-state index contributed by atoms with van der Waals surface area (Å²) in [4.78, 5) is 10.8. The molecule has 0 amide bonds. The lowest BCUT2D eigenvalue weighted by atomic mass is 10.1. The minimum atomic E-state index is -0.561. The molecule has 0 aromatic rings. The number of hydrogen-bond donors (Lipinski definition) is 0. The van der Waals surface area contributed by atoms with Gasteiger partial charge in [0.05, 0.1) is 7.11 Å². The van der Waals surface area contributed by atoms with Crippen molar-refractivity contribution in [1.82, 2.24) is 0 Å². The summed E-state index contributed by atoms with van der Waals surface area (Å²) in [5.41, 5.74) is 0. The van der Waals surface area contributed by atoms with E-state index in [1.165, 1.54) is 7.11 Å². The van der Waals surface area contributed by atoms with Gasteiger partial charge in [0.15, 0.2) is 0 Å². The van der Waals surface area contributed by atoms with Crippen LogP contribution in [0.15, 0.2) is 0 Å². The van der Waals surface area contributed by atoms with Gasteiger partial charge in [-0.1, -0.05) is 6.92 Å². The van der Waals surface area contributed by atoms with E-state index in [9.17, 15) is 4.79 Å². The summed E-state index contributed by atoms with van der Waals surface area (Å²) < 4.78 is 4.44. The van der Waals surface area contributed by atoms with Crippen LogP contribution in [0.3, 0.4) is 0 Å². The average molecular weight is 199 g/mol. The lowest BCUT2D eigenvalue weighted by molar-refractivity contribution is -0.140. The van der Waals surface area contributed by atoms with Gasteiger partial charge < -0.3 is 4.74 Å². The van der Waals surface area contributed by atoms with Crippen molar-refractivity contribution < 1.29 is 9.53 Å². The van der Waals surface area contributed by atoms with Crippen molar-refractivity contribution in [3.63, 3.8) is 0 Å². The number of carbonyl (C=O) groups excluding carboxylic acids is 1. The van der Waals surface area contributed by atoms with Gasteiger partial charge in [-0.15, -0.1) is 23.2 Å². The highest BCUT2D eigenvalue weighted by Gasteiger charge is 2.17. The molecule has 0 bridgehead atoms. The number of ether oxygens (including phenoxy) is 1. The van der Waals surface area contributed by atoms with Crippen molar-refractivity contribution in [2.24, 2.45) is 5.92 Å². The van der Waals surface area contributed by atoms with Crippen molar-refractivity contribution >= 4 is 29.2 Å². The van der Waals surface area contributed by atoms with Gasteiger partial charge in [0, 0.05) is 5.88 Å². The van der Waals surface area contributed by atoms with Crippen LogP contribution in [0, 0.1) is 5.92 Å². The van der Waals surface area contributed by atoms with Gasteiger partial charge in [-0.3, -0.25) is 4.79 Å². The summed E-state index contributed by atoms with van der Waals surface area (Å²) in [7, 11) is 1.32. The van der Waals surface area contributed by atoms with Crippen LogP contribution in [-0.2, 0) is 9.53 Å². The fraction of sp³-hybridized carbons (Fsp3) is 0.857. The molecule has 0 rings (SSSR count). The van der Waals surface area contributed by atoms with Crippen molar-refractivity contribution in [2.75, 3.05) is 13.0 Å². The van der Waals surface area contributed by atoms with Gasteiger partial charge in [0.1, 0.15) is 5.38 Å². The first kappa shape index (κ1) is 11.1. The molecule has 4 heteroatoms. The second-order valence-corrected chi connectivity index (χ2v) is 3.32. The van der Waals surface area contributed by atoms with Crippen molar-refractivity contribution in [2.45, 2.75) is 18.7 Å². The Morgan fingerprint density at radius 3 is 2.55 bits per heavy atom. The van der Waals surface area contributed by atoms with Gasteiger partial charge in [0.2, 0.25) is 0 Å². The van der Waals surface area contributed by atoms with E-state index in [4.69, 9.17) is 23.2 Å². The third-order valence-electron chi connectivity index (χ3n) is 1.33. The Morgan fingerprint density at radius 2 is 2.18 bits per heavy atom. The highest BCUT2D eigenvalue weighted by atomic mass is 35.5. The summed E-state index contributed by atoms with van der Waals surface area (Å²) >= 11 is 11.2. The van der Waals surface area contributed by atoms with Gasteiger partial charge in [-0.05, 0) is 12.3 Å². The maximum absolute atomic E-state index is 10.8. The zero-order chi connectivity index (χ0) is 8.85. The lowest BCUT2D eigenvalue weighted by Crippen LogP contribution is -2.19. The summed E-state index contributed by atoms with van der Waals surface area (Å²) in [6.45, 7) is 1.94. The molecule has 0 aromatic carbocycles. The van der Waals surface area contributed by atoms with Crippen LogP contribution in [0.25, 0.3) is 0 Å². The Bertz CT molecular complexity index is 128. The van der Waals surface area contributed by atoms with Crippen LogP contribution in [0.2, 0.25) is 0 Å². The molecule has 0 saturated heterocycles. The van der Waals surface area contributed by atoms with Gasteiger partial charge >= 0.3 is 5.97 Å². The second-order valence-electron chi connectivity index (χ2n) is 2.49. The largest absolute Gasteiger partial charge is 0.468 e. The molecule has 66 valence electrons. The smallest absolute Gasteiger partial charge is 0.323 e.